The summed E-state index contributed by atoms with van der Waals surface area (Å²) in [5.41, 5.74) is 1.02. The highest BCUT2D eigenvalue weighted by molar-refractivity contribution is 9.10. The number of furan rings is 1. The number of nitrogens with zero attached hydrogens (tertiary/aromatic N) is 3. The van der Waals surface area contributed by atoms with E-state index in [2.05, 4.69) is 26.0 Å². The molecule has 0 saturated carbocycles. The molecule has 0 aliphatic rings. The third-order valence-corrected chi connectivity index (χ3v) is 6.12. The summed E-state index contributed by atoms with van der Waals surface area (Å²) < 4.78 is 18.4. The minimum Gasteiger partial charge on any atom is -0.496 e. The number of methoxy groups -OCH3 is 1. The first kappa shape index (κ1) is 23.8. The van der Waals surface area contributed by atoms with Crippen molar-refractivity contribution in [2.24, 2.45) is 5.10 Å². The van der Waals surface area contributed by atoms with E-state index in [-0.39, 0.29) is 11.6 Å². The molecule has 2 heterocycles. The van der Waals surface area contributed by atoms with Crippen molar-refractivity contribution in [3.05, 3.63) is 86.1 Å². The lowest BCUT2D eigenvalue weighted by atomic mass is 10.2. The molecule has 0 spiro atoms. The Labute approximate surface area is 217 Å². The molecule has 36 heavy (non-hydrogen) atoms. The van der Waals surface area contributed by atoms with Gasteiger partial charge in [-0.2, -0.15) is 9.78 Å². The van der Waals surface area contributed by atoms with Crippen LogP contribution in [-0.2, 0) is 4.79 Å². The topological polar surface area (TPSA) is 95.9 Å². The molecule has 0 amide bonds. The summed E-state index contributed by atoms with van der Waals surface area (Å²) in [7, 11) is 1.57. The van der Waals surface area contributed by atoms with Gasteiger partial charge in [-0.15, -0.1) is 0 Å². The third kappa shape index (κ3) is 4.38. The number of halogens is 2. The van der Waals surface area contributed by atoms with E-state index < -0.39 is 11.5 Å². The summed E-state index contributed by atoms with van der Waals surface area (Å²) in [6.45, 7) is 1.29. The summed E-state index contributed by atoms with van der Waals surface area (Å²) in [5.74, 6) is 0.822. The Hall–Kier alpha value is -3.95. The number of hydrogen-bond donors (Lipinski definition) is 0. The van der Waals surface area contributed by atoms with Crippen LogP contribution in [-0.4, -0.2) is 29.0 Å². The SMILES string of the molecule is COc1cccc2oc(-c3nc4ccccc4c(=O)n3N=Cc3cc(Cl)cc(Br)c3OC(C)=O)cc12. The molecule has 0 bridgehead atoms. The van der Waals surface area contributed by atoms with Crippen LogP contribution in [0.15, 0.2) is 79.4 Å². The number of ether oxygens (including phenoxy) is 2. The van der Waals surface area contributed by atoms with Crippen LogP contribution in [0.2, 0.25) is 5.02 Å². The van der Waals surface area contributed by atoms with Gasteiger partial charge in [-0.1, -0.05) is 29.8 Å². The predicted octanol–water partition coefficient (Wildman–Crippen LogP) is 6.04. The van der Waals surface area contributed by atoms with Crippen molar-refractivity contribution >= 4 is 61.6 Å². The van der Waals surface area contributed by atoms with Crippen LogP contribution < -0.4 is 15.0 Å². The summed E-state index contributed by atoms with van der Waals surface area (Å²) >= 11 is 9.56. The lowest BCUT2D eigenvalue weighted by molar-refractivity contribution is -0.131. The Morgan fingerprint density at radius 2 is 1.94 bits per heavy atom. The van der Waals surface area contributed by atoms with E-state index in [1.54, 1.807) is 61.7 Å². The smallest absolute Gasteiger partial charge is 0.308 e. The molecule has 8 nitrogen and oxygen atoms in total. The molecule has 0 N–H and O–H groups in total. The van der Waals surface area contributed by atoms with Gasteiger partial charge >= 0.3 is 5.97 Å². The van der Waals surface area contributed by atoms with E-state index in [1.807, 2.05) is 6.07 Å². The Morgan fingerprint density at radius 1 is 1.14 bits per heavy atom. The van der Waals surface area contributed by atoms with Crippen LogP contribution in [0.3, 0.4) is 0 Å². The Kier molecular flexibility index (Phi) is 6.34. The fourth-order valence-electron chi connectivity index (χ4n) is 3.76. The molecule has 0 radical (unpaired) electrons. The van der Waals surface area contributed by atoms with Crippen molar-refractivity contribution in [3.8, 4) is 23.1 Å². The van der Waals surface area contributed by atoms with Crippen LogP contribution in [0.4, 0.5) is 0 Å². The minimum absolute atomic E-state index is 0.184. The van der Waals surface area contributed by atoms with Crippen LogP contribution in [0.5, 0.6) is 11.5 Å². The highest BCUT2D eigenvalue weighted by Crippen LogP contribution is 2.34. The number of rotatable bonds is 5. The maximum atomic E-state index is 13.5. The molecule has 3 aromatic carbocycles. The monoisotopic (exact) mass is 565 g/mol. The van der Waals surface area contributed by atoms with Crippen LogP contribution in [0, 0.1) is 0 Å². The fourth-order valence-corrected chi connectivity index (χ4v) is 4.68. The molecule has 5 aromatic rings. The number of aromatic nitrogens is 2. The fraction of sp³-hybridized carbons (Fsp3) is 0.0769. The normalized spacial score (nSPS) is 11.4. The van der Waals surface area contributed by atoms with E-state index in [9.17, 15) is 9.59 Å². The van der Waals surface area contributed by atoms with Gasteiger partial charge in [-0.25, -0.2) is 4.98 Å². The van der Waals surface area contributed by atoms with Crippen molar-refractivity contribution < 1.29 is 18.7 Å². The zero-order chi connectivity index (χ0) is 25.4. The third-order valence-electron chi connectivity index (χ3n) is 5.31. The molecule has 0 fully saturated rings. The second kappa shape index (κ2) is 9.60. The number of hydrogen-bond acceptors (Lipinski definition) is 7. The second-order valence-electron chi connectivity index (χ2n) is 7.70. The van der Waals surface area contributed by atoms with E-state index >= 15 is 0 Å². The van der Waals surface area contributed by atoms with Crippen molar-refractivity contribution in [1.29, 1.82) is 0 Å². The van der Waals surface area contributed by atoms with E-state index in [4.69, 9.17) is 25.5 Å². The number of para-hydroxylation sites is 1. The standard InChI is InChI=1S/C26H17BrClN3O5/c1-14(32)35-24-15(10-16(28)11-19(24)27)13-29-31-25(30-20-7-4-3-6-17(20)26(31)33)23-12-18-21(34-2)8-5-9-22(18)36-23/h3-13H,1-2H3. The summed E-state index contributed by atoms with van der Waals surface area (Å²) in [6, 6.07) is 17.3. The lowest BCUT2D eigenvalue weighted by Gasteiger charge is -2.10. The molecule has 2 aromatic heterocycles. The average Bonchev–Trinajstić information content (AvgIpc) is 3.29. The Morgan fingerprint density at radius 3 is 2.72 bits per heavy atom. The zero-order valence-electron chi connectivity index (χ0n) is 19.0. The van der Waals surface area contributed by atoms with Gasteiger partial charge in [0.1, 0.15) is 11.3 Å². The van der Waals surface area contributed by atoms with Gasteiger partial charge in [-0.05, 0) is 58.4 Å². The van der Waals surface area contributed by atoms with E-state index in [0.29, 0.717) is 43.1 Å². The highest BCUT2D eigenvalue weighted by Gasteiger charge is 2.18. The second-order valence-corrected chi connectivity index (χ2v) is 8.99. The number of fused-ring (bicyclic) bond motifs is 2. The summed E-state index contributed by atoms with van der Waals surface area (Å²) in [6.07, 6.45) is 1.37. The molecule has 0 atom stereocenters. The number of carbonyl (C=O) groups excluding carboxylic acids is 1. The molecule has 5 rings (SSSR count). The van der Waals surface area contributed by atoms with Crippen LogP contribution in [0.1, 0.15) is 12.5 Å². The van der Waals surface area contributed by atoms with Crippen LogP contribution >= 0.6 is 27.5 Å². The Balaban J connectivity index is 1.74. The van der Waals surface area contributed by atoms with Crippen molar-refractivity contribution in [1.82, 2.24) is 9.66 Å². The van der Waals surface area contributed by atoms with Crippen molar-refractivity contribution in [2.75, 3.05) is 7.11 Å². The molecule has 180 valence electrons. The average molecular weight is 567 g/mol. The van der Waals surface area contributed by atoms with Gasteiger partial charge in [0.05, 0.1) is 34.1 Å². The quantitative estimate of drug-likeness (QED) is 0.146. The molecule has 0 saturated heterocycles. The van der Waals surface area contributed by atoms with Gasteiger partial charge in [0.25, 0.3) is 5.56 Å². The first-order valence-electron chi connectivity index (χ1n) is 10.7. The maximum absolute atomic E-state index is 13.5. The van der Waals surface area contributed by atoms with Gasteiger partial charge in [0.2, 0.25) is 5.82 Å². The molecule has 0 aliphatic carbocycles. The molecular weight excluding hydrogens is 550 g/mol. The molecule has 0 unspecified atom stereocenters. The van der Waals surface area contributed by atoms with Crippen LogP contribution in [0.25, 0.3) is 33.5 Å². The maximum Gasteiger partial charge on any atom is 0.308 e. The van der Waals surface area contributed by atoms with Crippen molar-refractivity contribution in [2.45, 2.75) is 6.92 Å². The number of carbonyl (C=O) groups is 1. The largest absolute Gasteiger partial charge is 0.496 e. The van der Waals surface area contributed by atoms with Gasteiger partial charge in [0.15, 0.2) is 11.5 Å². The zero-order valence-corrected chi connectivity index (χ0v) is 21.3. The van der Waals surface area contributed by atoms with Crippen molar-refractivity contribution in [3.63, 3.8) is 0 Å². The number of esters is 1. The van der Waals surface area contributed by atoms with E-state index in [1.165, 1.54) is 13.1 Å². The summed E-state index contributed by atoms with van der Waals surface area (Å²) in [5, 5.41) is 5.90. The van der Waals surface area contributed by atoms with Gasteiger partial charge in [-0.3, -0.25) is 9.59 Å². The molecular formula is C26H17BrClN3O5. The first-order chi connectivity index (χ1) is 17.4. The molecule has 10 heteroatoms. The Bertz CT molecular complexity index is 1740. The first-order valence-corrected chi connectivity index (χ1v) is 11.8. The van der Waals surface area contributed by atoms with Gasteiger partial charge < -0.3 is 13.9 Å². The van der Waals surface area contributed by atoms with Gasteiger partial charge in [0, 0.05) is 17.5 Å². The molecule has 0 aliphatic heterocycles. The lowest BCUT2D eigenvalue weighted by Crippen LogP contribution is -2.20. The predicted molar refractivity (Wildman–Crippen MR) is 141 cm³/mol. The highest BCUT2D eigenvalue weighted by atomic mass is 79.9. The van der Waals surface area contributed by atoms with E-state index in [0.717, 1.165) is 10.1 Å². The number of benzene rings is 3. The summed E-state index contributed by atoms with van der Waals surface area (Å²) in [4.78, 5) is 29.8. The minimum atomic E-state index is -0.519.